The first-order valence-electron chi connectivity index (χ1n) is 7.39. The maximum Gasteiger partial charge on any atom is 0.335 e. The number of ether oxygens (including phenoxy) is 1. The summed E-state index contributed by atoms with van der Waals surface area (Å²) in [7, 11) is 0. The molecule has 0 saturated heterocycles. The summed E-state index contributed by atoms with van der Waals surface area (Å²) in [5.74, 6) is -0.967. The van der Waals surface area contributed by atoms with E-state index in [-0.39, 0.29) is 11.5 Å². The summed E-state index contributed by atoms with van der Waals surface area (Å²) in [6, 6.07) is 12.4. The van der Waals surface area contributed by atoms with Gasteiger partial charge in [0.1, 0.15) is 12.0 Å². The Morgan fingerprint density at radius 2 is 1.92 bits per heavy atom. The number of amides is 1. The molecule has 1 atom stereocenters. The second kappa shape index (κ2) is 7.92. The van der Waals surface area contributed by atoms with Gasteiger partial charge in [-0.3, -0.25) is 9.59 Å². The van der Waals surface area contributed by atoms with E-state index in [0.29, 0.717) is 23.4 Å². The highest BCUT2D eigenvalue weighted by Crippen LogP contribution is 2.16. The zero-order valence-corrected chi connectivity index (χ0v) is 13.1. The number of aromatic carboxylic acids is 1. The van der Waals surface area contributed by atoms with E-state index in [1.165, 1.54) is 12.1 Å². The molecule has 2 rings (SSSR count). The van der Waals surface area contributed by atoms with Crippen LogP contribution in [0.15, 0.2) is 48.5 Å². The molecule has 124 valence electrons. The van der Waals surface area contributed by atoms with Crippen LogP contribution in [-0.2, 0) is 4.79 Å². The number of carboxylic acids is 1. The average molecular weight is 327 g/mol. The van der Waals surface area contributed by atoms with Crippen molar-refractivity contribution in [3.05, 3.63) is 59.7 Å². The van der Waals surface area contributed by atoms with E-state index in [9.17, 15) is 14.4 Å². The number of nitrogens with one attached hydrogen (secondary N) is 1. The fourth-order valence-corrected chi connectivity index (χ4v) is 2.06. The zero-order chi connectivity index (χ0) is 17.5. The summed E-state index contributed by atoms with van der Waals surface area (Å²) in [4.78, 5) is 33.9. The number of carbonyl (C=O) groups is 3. The molecule has 0 aromatic heterocycles. The first-order chi connectivity index (χ1) is 11.5. The summed E-state index contributed by atoms with van der Waals surface area (Å²) in [5, 5.41) is 11.6. The molecular formula is C18H17NO5. The molecule has 0 radical (unpaired) electrons. The van der Waals surface area contributed by atoms with Crippen molar-refractivity contribution in [1.82, 2.24) is 0 Å². The highest BCUT2D eigenvalue weighted by molar-refractivity contribution is 5.96. The lowest BCUT2D eigenvalue weighted by atomic mass is 10.2. The van der Waals surface area contributed by atoms with Gasteiger partial charge in [-0.25, -0.2) is 4.79 Å². The van der Waals surface area contributed by atoms with Crippen LogP contribution >= 0.6 is 0 Å². The molecule has 2 N–H and O–H groups in total. The highest BCUT2D eigenvalue weighted by Gasteiger charge is 2.19. The fourth-order valence-electron chi connectivity index (χ4n) is 2.06. The van der Waals surface area contributed by atoms with Crippen LogP contribution in [0.1, 0.15) is 34.1 Å². The van der Waals surface area contributed by atoms with Gasteiger partial charge in [-0.05, 0) is 48.9 Å². The third kappa shape index (κ3) is 4.42. The lowest BCUT2D eigenvalue weighted by Crippen LogP contribution is -2.32. The number of carbonyl (C=O) groups excluding carboxylic acids is 2. The van der Waals surface area contributed by atoms with Crippen molar-refractivity contribution in [3.8, 4) is 5.75 Å². The molecule has 0 aliphatic heterocycles. The maximum absolute atomic E-state index is 12.3. The number of benzene rings is 2. The summed E-state index contributed by atoms with van der Waals surface area (Å²) in [5.41, 5.74) is 0.995. The van der Waals surface area contributed by atoms with E-state index in [1.54, 1.807) is 43.3 Å². The number of rotatable bonds is 7. The topological polar surface area (TPSA) is 92.7 Å². The summed E-state index contributed by atoms with van der Waals surface area (Å²) in [6.07, 6.45) is 0.420. The smallest absolute Gasteiger partial charge is 0.335 e. The molecule has 6 heteroatoms. The predicted octanol–water partition coefficient (Wildman–Crippen LogP) is 2.99. The molecular weight excluding hydrogens is 310 g/mol. The Morgan fingerprint density at radius 3 is 2.50 bits per heavy atom. The number of anilines is 1. The Balaban J connectivity index is 2.06. The van der Waals surface area contributed by atoms with Crippen LogP contribution in [-0.4, -0.2) is 29.4 Å². The Hall–Kier alpha value is -3.15. The molecule has 6 nitrogen and oxygen atoms in total. The zero-order valence-electron chi connectivity index (χ0n) is 13.1. The second-order valence-corrected chi connectivity index (χ2v) is 5.08. The van der Waals surface area contributed by atoms with Crippen LogP contribution in [0, 0.1) is 0 Å². The van der Waals surface area contributed by atoms with Gasteiger partial charge in [0.05, 0.1) is 5.56 Å². The number of carboxylic acid groups (broad SMARTS) is 1. The van der Waals surface area contributed by atoms with Gasteiger partial charge < -0.3 is 15.2 Å². The van der Waals surface area contributed by atoms with E-state index in [1.807, 2.05) is 0 Å². The SMILES string of the molecule is CCC(Oc1ccc(C=O)cc1)C(=O)Nc1cccc(C(=O)O)c1. The Labute approximate surface area is 139 Å². The van der Waals surface area contributed by atoms with Gasteiger partial charge in [0, 0.05) is 11.3 Å². The van der Waals surface area contributed by atoms with Gasteiger partial charge in [-0.15, -0.1) is 0 Å². The minimum atomic E-state index is -1.07. The molecule has 0 saturated carbocycles. The van der Waals surface area contributed by atoms with Gasteiger partial charge in [-0.2, -0.15) is 0 Å². The van der Waals surface area contributed by atoms with Crippen molar-refractivity contribution in [3.63, 3.8) is 0 Å². The second-order valence-electron chi connectivity index (χ2n) is 5.08. The third-order valence-corrected chi connectivity index (χ3v) is 3.33. The first kappa shape index (κ1) is 17.2. The molecule has 24 heavy (non-hydrogen) atoms. The Bertz CT molecular complexity index is 739. The normalized spacial score (nSPS) is 11.4. The Kier molecular flexibility index (Phi) is 5.68. The monoisotopic (exact) mass is 327 g/mol. The average Bonchev–Trinajstić information content (AvgIpc) is 2.60. The van der Waals surface area contributed by atoms with Crippen molar-refractivity contribution in [2.45, 2.75) is 19.4 Å². The molecule has 2 aromatic carbocycles. The molecule has 1 unspecified atom stereocenters. The molecule has 2 aromatic rings. The minimum absolute atomic E-state index is 0.0891. The van der Waals surface area contributed by atoms with Crippen LogP contribution in [0.5, 0.6) is 5.75 Å². The minimum Gasteiger partial charge on any atom is -0.481 e. The molecule has 0 aliphatic rings. The van der Waals surface area contributed by atoms with Crippen LogP contribution in [0.4, 0.5) is 5.69 Å². The first-order valence-corrected chi connectivity index (χ1v) is 7.39. The van der Waals surface area contributed by atoms with Crippen molar-refractivity contribution < 1.29 is 24.2 Å². The lowest BCUT2D eigenvalue weighted by Gasteiger charge is -2.17. The quantitative estimate of drug-likeness (QED) is 0.763. The highest BCUT2D eigenvalue weighted by atomic mass is 16.5. The van der Waals surface area contributed by atoms with E-state index < -0.39 is 12.1 Å². The van der Waals surface area contributed by atoms with Gasteiger partial charge in [0.15, 0.2) is 6.10 Å². The summed E-state index contributed by atoms with van der Waals surface area (Å²) < 4.78 is 5.63. The third-order valence-electron chi connectivity index (χ3n) is 3.33. The van der Waals surface area contributed by atoms with E-state index >= 15 is 0 Å². The van der Waals surface area contributed by atoms with Crippen molar-refractivity contribution in [2.24, 2.45) is 0 Å². The van der Waals surface area contributed by atoms with Crippen molar-refractivity contribution in [1.29, 1.82) is 0 Å². The molecule has 1 amide bonds. The Morgan fingerprint density at radius 1 is 1.21 bits per heavy atom. The number of hydrogen-bond donors (Lipinski definition) is 2. The van der Waals surface area contributed by atoms with E-state index in [2.05, 4.69) is 5.32 Å². The van der Waals surface area contributed by atoms with Gasteiger partial charge >= 0.3 is 5.97 Å². The standard InChI is InChI=1S/C18H17NO5/c1-2-16(24-15-8-6-12(11-20)7-9-15)17(21)19-14-5-3-4-13(10-14)18(22)23/h3-11,16H,2H2,1H3,(H,19,21)(H,22,23). The van der Waals surface area contributed by atoms with Gasteiger partial charge in [-0.1, -0.05) is 13.0 Å². The van der Waals surface area contributed by atoms with Crippen LogP contribution < -0.4 is 10.1 Å². The molecule has 0 fully saturated rings. The van der Waals surface area contributed by atoms with Crippen molar-refractivity contribution in [2.75, 3.05) is 5.32 Å². The van der Waals surface area contributed by atoms with Crippen LogP contribution in [0.25, 0.3) is 0 Å². The summed E-state index contributed by atoms with van der Waals surface area (Å²) >= 11 is 0. The van der Waals surface area contributed by atoms with Crippen molar-refractivity contribution >= 4 is 23.9 Å². The molecule has 0 bridgehead atoms. The lowest BCUT2D eigenvalue weighted by molar-refractivity contribution is -0.122. The van der Waals surface area contributed by atoms with E-state index in [0.717, 1.165) is 6.29 Å². The van der Waals surface area contributed by atoms with Crippen LogP contribution in [0.3, 0.4) is 0 Å². The van der Waals surface area contributed by atoms with Crippen LogP contribution in [0.2, 0.25) is 0 Å². The maximum atomic E-state index is 12.3. The molecule has 0 spiro atoms. The summed E-state index contributed by atoms with van der Waals surface area (Å²) in [6.45, 7) is 1.80. The van der Waals surface area contributed by atoms with E-state index in [4.69, 9.17) is 9.84 Å². The van der Waals surface area contributed by atoms with Gasteiger partial charge in [0.2, 0.25) is 0 Å². The largest absolute Gasteiger partial charge is 0.481 e. The fraction of sp³-hybridized carbons (Fsp3) is 0.167. The molecule has 0 heterocycles. The molecule has 0 aliphatic carbocycles. The van der Waals surface area contributed by atoms with Gasteiger partial charge in [0.25, 0.3) is 5.91 Å². The number of aldehydes is 1. The predicted molar refractivity (Wildman–Crippen MR) is 88.6 cm³/mol. The number of hydrogen-bond acceptors (Lipinski definition) is 4.